The topological polar surface area (TPSA) is 29.0 Å². The summed E-state index contributed by atoms with van der Waals surface area (Å²) in [5.74, 6) is 0.928. The Labute approximate surface area is 131 Å². The first-order chi connectivity index (χ1) is 9.65. The van der Waals surface area contributed by atoms with E-state index in [1.165, 1.54) is 9.13 Å². The molecule has 0 bridgehead atoms. The number of benzene rings is 2. The van der Waals surface area contributed by atoms with Crippen molar-refractivity contribution in [3.05, 3.63) is 57.9 Å². The van der Waals surface area contributed by atoms with E-state index in [1.807, 2.05) is 13.1 Å². The monoisotopic (exact) mass is 375 g/mol. The average Bonchev–Trinajstić information content (AvgIpc) is 2.46. The van der Waals surface area contributed by atoms with Gasteiger partial charge in [0.15, 0.2) is 0 Å². The number of hydrogen-bond acceptors (Lipinski definition) is 3. The Kier molecular flexibility index (Phi) is 3.56. The summed E-state index contributed by atoms with van der Waals surface area (Å²) in [5.41, 5.74) is 3.34. The van der Waals surface area contributed by atoms with Crippen molar-refractivity contribution in [1.82, 2.24) is 9.97 Å². The van der Waals surface area contributed by atoms with Crippen molar-refractivity contribution in [2.24, 2.45) is 0 Å². The minimum Gasteiger partial charge on any atom is -0.329 e. The second-order valence-corrected chi connectivity index (χ2v) is 6.00. The van der Waals surface area contributed by atoms with Crippen LogP contribution in [-0.2, 0) is 0 Å². The van der Waals surface area contributed by atoms with Crippen LogP contribution in [0.4, 0.5) is 11.5 Å². The number of anilines is 2. The van der Waals surface area contributed by atoms with Crippen molar-refractivity contribution in [2.75, 3.05) is 11.9 Å². The van der Waals surface area contributed by atoms with Crippen LogP contribution in [0.3, 0.4) is 0 Å². The summed E-state index contributed by atoms with van der Waals surface area (Å²) in [7, 11) is 2.03. The molecule has 0 aliphatic carbocycles. The van der Waals surface area contributed by atoms with Crippen LogP contribution in [0.1, 0.15) is 5.56 Å². The Balaban J connectivity index is 2.13. The second kappa shape index (κ2) is 5.36. The highest BCUT2D eigenvalue weighted by Crippen LogP contribution is 2.29. The van der Waals surface area contributed by atoms with Gasteiger partial charge in [-0.1, -0.05) is 17.7 Å². The highest BCUT2D eigenvalue weighted by atomic mass is 127. The molecule has 0 aliphatic rings. The van der Waals surface area contributed by atoms with Crippen LogP contribution in [-0.4, -0.2) is 17.0 Å². The highest BCUT2D eigenvalue weighted by Gasteiger charge is 2.10. The van der Waals surface area contributed by atoms with Gasteiger partial charge in [0, 0.05) is 21.7 Å². The predicted molar refractivity (Wildman–Crippen MR) is 91.5 cm³/mol. The molecule has 0 atom stereocenters. The maximum Gasteiger partial charge on any atom is 0.144 e. The first kappa shape index (κ1) is 13.3. The minimum absolute atomic E-state index is 0.928. The van der Waals surface area contributed by atoms with E-state index >= 15 is 0 Å². The molecule has 0 N–H and O–H groups in total. The molecule has 0 amide bonds. The Morgan fingerprint density at radius 3 is 2.50 bits per heavy atom. The van der Waals surface area contributed by atoms with Gasteiger partial charge in [0.25, 0.3) is 0 Å². The number of halogens is 1. The Hall–Kier alpha value is -1.69. The molecule has 1 aromatic heterocycles. The van der Waals surface area contributed by atoms with E-state index in [0.29, 0.717) is 0 Å². The molecule has 0 saturated carbocycles. The van der Waals surface area contributed by atoms with Crippen molar-refractivity contribution < 1.29 is 0 Å². The summed E-state index contributed by atoms with van der Waals surface area (Å²) in [6.45, 7) is 2.09. The molecule has 0 fully saturated rings. The molecule has 3 nitrogen and oxygen atoms in total. The van der Waals surface area contributed by atoms with Crippen LogP contribution in [0, 0.1) is 10.5 Å². The summed E-state index contributed by atoms with van der Waals surface area (Å²) in [4.78, 5) is 10.9. The molecular weight excluding hydrogens is 361 g/mol. The number of rotatable bonds is 2. The Bertz CT molecular complexity index is 753. The SMILES string of the molecule is Cc1ccc(N(C)c2ncnc3ccc(I)cc23)cc1. The molecule has 2 aromatic carbocycles. The normalized spacial score (nSPS) is 10.8. The van der Waals surface area contributed by atoms with E-state index in [0.717, 1.165) is 22.4 Å². The van der Waals surface area contributed by atoms with Crippen LogP contribution in [0.5, 0.6) is 0 Å². The predicted octanol–water partition coefficient (Wildman–Crippen LogP) is 4.31. The molecule has 0 radical (unpaired) electrons. The maximum absolute atomic E-state index is 4.46. The molecule has 0 aliphatic heterocycles. The fourth-order valence-electron chi connectivity index (χ4n) is 2.17. The van der Waals surface area contributed by atoms with Gasteiger partial charge >= 0.3 is 0 Å². The third-order valence-electron chi connectivity index (χ3n) is 3.32. The summed E-state index contributed by atoms with van der Waals surface area (Å²) >= 11 is 2.31. The lowest BCUT2D eigenvalue weighted by molar-refractivity contribution is 1.11. The largest absolute Gasteiger partial charge is 0.329 e. The molecule has 4 heteroatoms. The first-order valence-corrected chi connectivity index (χ1v) is 7.44. The van der Waals surface area contributed by atoms with Gasteiger partial charge in [0.05, 0.1) is 5.52 Å². The molecule has 3 rings (SSSR count). The van der Waals surface area contributed by atoms with E-state index in [2.05, 4.69) is 80.8 Å². The van der Waals surface area contributed by atoms with Gasteiger partial charge in [-0.3, -0.25) is 0 Å². The number of aromatic nitrogens is 2. The van der Waals surface area contributed by atoms with E-state index in [9.17, 15) is 0 Å². The third kappa shape index (κ3) is 2.47. The van der Waals surface area contributed by atoms with Crippen LogP contribution >= 0.6 is 22.6 Å². The molecule has 0 saturated heterocycles. The van der Waals surface area contributed by atoms with Crippen molar-refractivity contribution in [1.29, 1.82) is 0 Å². The quantitative estimate of drug-likeness (QED) is 0.625. The number of nitrogens with zero attached hydrogens (tertiary/aromatic N) is 3. The van der Waals surface area contributed by atoms with Crippen LogP contribution < -0.4 is 4.90 Å². The standard InChI is InChI=1S/C16H14IN3/c1-11-3-6-13(7-4-11)20(2)16-14-9-12(17)5-8-15(14)18-10-19-16/h3-10H,1-2H3. The van der Waals surface area contributed by atoms with Crippen LogP contribution in [0.2, 0.25) is 0 Å². The lowest BCUT2D eigenvalue weighted by Crippen LogP contribution is -2.12. The van der Waals surface area contributed by atoms with Gasteiger partial charge in [-0.2, -0.15) is 0 Å². The summed E-state index contributed by atoms with van der Waals surface area (Å²) < 4.78 is 1.18. The number of hydrogen-bond donors (Lipinski definition) is 0. The Morgan fingerprint density at radius 2 is 1.75 bits per heavy atom. The molecule has 0 spiro atoms. The van der Waals surface area contributed by atoms with Gasteiger partial charge in [0.1, 0.15) is 12.1 Å². The molecule has 100 valence electrons. The lowest BCUT2D eigenvalue weighted by atomic mass is 10.2. The highest BCUT2D eigenvalue weighted by molar-refractivity contribution is 14.1. The van der Waals surface area contributed by atoms with Gasteiger partial charge in [-0.05, 0) is 59.8 Å². The number of fused-ring (bicyclic) bond motifs is 1. The van der Waals surface area contributed by atoms with Crippen LogP contribution in [0.25, 0.3) is 10.9 Å². The zero-order valence-corrected chi connectivity index (χ0v) is 13.5. The summed E-state index contributed by atoms with van der Waals surface area (Å²) in [6.07, 6.45) is 1.62. The van der Waals surface area contributed by atoms with Gasteiger partial charge in [-0.25, -0.2) is 9.97 Å². The van der Waals surface area contributed by atoms with Crippen molar-refractivity contribution in [2.45, 2.75) is 6.92 Å². The van der Waals surface area contributed by atoms with E-state index in [1.54, 1.807) is 6.33 Å². The molecular formula is C16H14IN3. The zero-order chi connectivity index (χ0) is 14.1. The summed E-state index contributed by atoms with van der Waals surface area (Å²) in [5, 5.41) is 1.07. The van der Waals surface area contributed by atoms with Crippen molar-refractivity contribution in [3.8, 4) is 0 Å². The molecule has 3 aromatic rings. The molecule has 0 unspecified atom stereocenters. The first-order valence-electron chi connectivity index (χ1n) is 6.36. The van der Waals surface area contributed by atoms with Gasteiger partial charge in [0.2, 0.25) is 0 Å². The van der Waals surface area contributed by atoms with E-state index in [4.69, 9.17) is 0 Å². The molecule has 20 heavy (non-hydrogen) atoms. The zero-order valence-electron chi connectivity index (χ0n) is 11.3. The van der Waals surface area contributed by atoms with E-state index < -0.39 is 0 Å². The lowest BCUT2D eigenvalue weighted by Gasteiger charge is -2.20. The van der Waals surface area contributed by atoms with Crippen LogP contribution in [0.15, 0.2) is 48.8 Å². The third-order valence-corrected chi connectivity index (χ3v) is 3.99. The Morgan fingerprint density at radius 1 is 1.00 bits per heavy atom. The van der Waals surface area contributed by atoms with E-state index in [-0.39, 0.29) is 0 Å². The number of aryl methyl sites for hydroxylation is 1. The maximum atomic E-state index is 4.46. The molecule has 1 heterocycles. The van der Waals surface area contributed by atoms with Gasteiger partial charge in [-0.15, -0.1) is 0 Å². The summed E-state index contributed by atoms with van der Waals surface area (Å²) in [6, 6.07) is 14.7. The van der Waals surface area contributed by atoms with Crippen molar-refractivity contribution in [3.63, 3.8) is 0 Å². The van der Waals surface area contributed by atoms with Gasteiger partial charge < -0.3 is 4.90 Å². The average molecular weight is 375 g/mol. The fourth-order valence-corrected chi connectivity index (χ4v) is 2.66. The smallest absolute Gasteiger partial charge is 0.144 e. The fraction of sp³-hybridized carbons (Fsp3) is 0.125. The second-order valence-electron chi connectivity index (χ2n) is 4.75. The minimum atomic E-state index is 0.928. The van der Waals surface area contributed by atoms with Crippen molar-refractivity contribution >= 4 is 45.0 Å².